The van der Waals surface area contributed by atoms with Gasteiger partial charge in [0.1, 0.15) is 17.5 Å². The molecule has 0 atom stereocenters. The molecule has 4 N–H and O–H groups in total. The molecule has 0 unspecified atom stereocenters. The lowest BCUT2D eigenvalue weighted by Gasteiger charge is -2.34. The number of fused-ring (bicyclic) bond motifs is 3. The van der Waals surface area contributed by atoms with Gasteiger partial charge in [0.2, 0.25) is 5.91 Å². The van der Waals surface area contributed by atoms with Gasteiger partial charge in [-0.25, -0.2) is 4.79 Å². The molecule has 20 nitrogen and oxygen atoms in total. The van der Waals surface area contributed by atoms with E-state index >= 15 is 0 Å². The maximum absolute atomic E-state index is 14.1. The second kappa shape index (κ2) is 37.7. The molecule has 1 aliphatic carbocycles. The summed E-state index contributed by atoms with van der Waals surface area (Å²) in [6.45, 7) is 17.8. The molecule has 6 aliphatic heterocycles. The molecule has 17 rings (SSSR count). The van der Waals surface area contributed by atoms with Gasteiger partial charge in [-0.3, -0.25) is 43.8 Å². The van der Waals surface area contributed by atoms with E-state index < -0.39 is 29.4 Å². The van der Waals surface area contributed by atoms with Crippen LogP contribution in [0.15, 0.2) is 233 Å². The Bertz CT molecular complexity index is 5720. The van der Waals surface area contributed by atoms with E-state index in [1.165, 1.54) is 24.3 Å². The number of piperazine rings is 3. The fourth-order valence-electron chi connectivity index (χ4n) is 15.8. The molecule has 0 radical (unpaired) electrons. The summed E-state index contributed by atoms with van der Waals surface area (Å²) in [5.74, 6) is 0.218. The number of anilines is 3. The predicted octanol–water partition coefficient (Wildman–Crippen LogP) is 15.8. The van der Waals surface area contributed by atoms with Crippen molar-refractivity contribution in [2.45, 2.75) is 71.6 Å². The van der Waals surface area contributed by atoms with Crippen LogP contribution >= 0.6 is 0 Å². The number of hydrogen-bond donors (Lipinski definition) is 4. The van der Waals surface area contributed by atoms with Gasteiger partial charge in [-0.2, -0.15) is 26.3 Å². The molecule has 632 valence electrons. The van der Waals surface area contributed by atoms with Gasteiger partial charge in [-0.05, 0) is 217 Å². The largest absolute Gasteiger partial charge is 0.462 e. The maximum atomic E-state index is 14.1. The number of halogens is 6. The highest BCUT2D eigenvalue weighted by Crippen LogP contribution is 2.38. The van der Waals surface area contributed by atoms with Gasteiger partial charge < -0.3 is 50.5 Å². The van der Waals surface area contributed by atoms with E-state index in [0.29, 0.717) is 90.3 Å². The number of ether oxygens (including phenoxy) is 1. The van der Waals surface area contributed by atoms with Crippen molar-refractivity contribution in [1.82, 2.24) is 35.6 Å². The van der Waals surface area contributed by atoms with E-state index in [2.05, 4.69) is 87.8 Å². The van der Waals surface area contributed by atoms with Crippen LogP contribution in [0.3, 0.4) is 0 Å². The van der Waals surface area contributed by atoms with E-state index in [9.17, 15) is 55.1 Å². The Labute approximate surface area is 710 Å². The van der Waals surface area contributed by atoms with E-state index in [0.717, 1.165) is 181 Å². The minimum Gasteiger partial charge on any atom is -0.462 e. The van der Waals surface area contributed by atoms with E-state index in [1.807, 2.05) is 132 Å². The van der Waals surface area contributed by atoms with Crippen molar-refractivity contribution in [3.8, 4) is 33.4 Å². The number of rotatable bonds is 18. The Hall–Kier alpha value is -12.8. The number of ketones is 1. The van der Waals surface area contributed by atoms with Crippen LogP contribution in [-0.4, -0.2) is 178 Å². The van der Waals surface area contributed by atoms with E-state index in [-0.39, 0.29) is 59.5 Å². The molecule has 123 heavy (non-hydrogen) atoms. The van der Waals surface area contributed by atoms with Crippen LogP contribution in [0.4, 0.5) is 43.4 Å². The number of aliphatic imine (C=N–C) groups is 3. The summed E-state index contributed by atoms with van der Waals surface area (Å²) >= 11 is 0. The molecule has 7 aliphatic rings. The lowest BCUT2D eigenvalue weighted by molar-refractivity contribution is -0.139. The molecule has 4 amide bonds. The second-order valence-electron chi connectivity index (χ2n) is 31.8. The highest BCUT2D eigenvalue weighted by atomic mass is 19.4. The first-order valence-electron chi connectivity index (χ1n) is 41.5. The van der Waals surface area contributed by atoms with Crippen LogP contribution in [0.25, 0.3) is 33.4 Å². The molecule has 6 heterocycles. The molecule has 10 aromatic carbocycles. The Kier molecular flexibility index (Phi) is 26.1. The first kappa shape index (κ1) is 85.2. The van der Waals surface area contributed by atoms with Gasteiger partial charge in [-0.1, -0.05) is 110 Å². The number of esters is 1. The summed E-state index contributed by atoms with van der Waals surface area (Å²) in [5.41, 5.74) is 14.7. The topological polar surface area (TPSA) is 216 Å². The van der Waals surface area contributed by atoms with Crippen molar-refractivity contribution in [2.24, 2.45) is 20.9 Å². The predicted molar refractivity (Wildman–Crippen MR) is 467 cm³/mol. The fraction of sp³-hybridized carbons (Fsp3) is 0.289. The SMILES string of the molecule is CCN1CCN(Cc2ccc(C(=O)Nc3cccc(-c4ccc5c(c4)CN=C5NC(=O)C4CC4)c3)cc2C(F)(F)F)CC1.CCOC(=O)c1cccc(-c2ccc3c(c2)CN=C3NC(=O)c2ccc(N3CCN(C)CC3)cc2)c1.CN1CCN(c2ccc(C(=O)NC3=NCc4cc(-c5cccc(C(=O)Cc6cccc(C(F)(F)F)c6)c5)ccc43)cc2)CC1. The van der Waals surface area contributed by atoms with Crippen molar-refractivity contribution in [2.75, 3.05) is 121 Å². The van der Waals surface area contributed by atoms with Crippen molar-refractivity contribution >= 4 is 70.0 Å². The van der Waals surface area contributed by atoms with Crippen LogP contribution in [-0.2, 0) is 54.5 Å². The van der Waals surface area contributed by atoms with Crippen LogP contribution in [0, 0.1) is 5.92 Å². The minimum atomic E-state index is -4.57. The lowest BCUT2D eigenvalue weighted by Crippen LogP contribution is -2.45. The standard InChI is InChI=1S/C35H31F3N4O2.C33H34F3N5O2.C29H30N4O3/c1-41-14-16-42(17-15-41)30-11-8-24(9-12-30)34(44)40-33-31-13-10-26(21-28(31)22-39-33)25-5-3-6-27(20-25)32(43)19-23-4-2-7-29(18-23)35(36,37)38;1-2-40-12-14-41(15-13-40)20-25-9-8-24(18-29(25)33(34,35)36)32(43)38-27-5-3-4-22(17-27)23-10-11-28-26(16-23)19-37-30(28)39-31(42)21-6-7-21;1-3-36-29(35)23-6-4-5-21(17-23)22-9-12-26-24(18-22)19-30-27(26)31-28(34)20-7-10-25(11-8-20)33-15-13-32(2)14-16-33/h2-13,18,20-21H,14-17,19,22H2,1H3,(H,39,40,44);3-5,8-11,16-18,21H,2,6-7,12-15,19-20H2,1H3,(H,38,43)(H,37,39,42);4-12,17-18H,3,13-16,19H2,1-2H3,(H,30,31,34). The normalized spacial score (nSPS) is 15.9. The number of amidine groups is 3. The third-order valence-corrected chi connectivity index (χ3v) is 23.2. The summed E-state index contributed by atoms with van der Waals surface area (Å²) in [6.07, 6.45) is -7.33. The second-order valence-corrected chi connectivity index (χ2v) is 31.8. The van der Waals surface area contributed by atoms with Crippen molar-refractivity contribution < 1.29 is 59.8 Å². The molecule has 3 saturated heterocycles. The maximum Gasteiger partial charge on any atom is 0.416 e. The Morgan fingerprint density at radius 2 is 0.862 bits per heavy atom. The molecule has 1 saturated carbocycles. The summed E-state index contributed by atoms with van der Waals surface area (Å²) in [6, 6.07) is 63.5. The first-order valence-corrected chi connectivity index (χ1v) is 41.5. The zero-order valence-electron chi connectivity index (χ0n) is 68.9. The molecule has 0 spiro atoms. The smallest absolute Gasteiger partial charge is 0.416 e. The number of Topliss-reactive ketones (excluding diaryl/α,β-unsaturated/α-hetero) is 1. The molecular weight excluding hydrogens is 1570 g/mol. The number of hydrogen-bond acceptors (Lipinski definition) is 16. The zero-order chi connectivity index (χ0) is 86.1. The van der Waals surface area contributed by atoms with E-state index in [4.69, 9.17) is 4.74 Å². The highest BCUT2D eigenvalue weighted by molar-refractivity contribution is 6.16. The molecule has 4 fully saturated rings. The Morgan fingerprint density at radius 3 is 1.35 bits per heavy atom. The van der Waals surface area contributed by atoms with Gasteiger partial charge in [0.15, 0.2) is 5.78 Å². The third kappa shape index (κ3) is 21.1. The average Bonchev–Trinajstić information content (AvgIpc) is 1.76. The van der Waals surface area contributed by atoms with Crippen molar-refractivity contribution in [3.05, 3.63) is 302 Å². The number of carbonyl (C=O) groups excluding carboxylic acids is 6. The number of carbonyl (C=O) groups is 6. The molecule has 0 aromatic heterocycles. The molecule has 10 aromatic rings. The summed E-state index contributed by atoms with van der Waals surface area (Å²) in [5, 5.41) is 11.6. The molecular formula is C97H95F6N13O7. The lowest BCUT2D eigenvalue weighted by atomic mass is 9.96. The van der Waals surface area contributed by atoms with Crippen LogP contribution in [0.5, 0.6) is 0 Å². The summed E-state index contributed by atoms with van der Waals surface area (Å²) < 4.78 is 86.6. The molecule has 26 heteroatoms. The Balaban J connectivity index is 0.000000144. The molecule has 0 bridgehead atoms. The monoisotopic (exact) mass is 1670 g/mol. The van der Waals surface area contributed by atoms with Gasteiger partial charge in [0.25, 0.3) is 17.7 Å². The number of nitrogens with one attached hydrogen (secondary N) is 4. The number of amides is 4. The van der Waals surface area contributed by atoms with Gasteiger partial charge in [0.05, 0.1) is 42.9 Å². The minimum absolute atomic E-state index is 0.0154. The van der Waals surface area contributed by atoms with Gasteiger partial charge >= 0.3 is 18.3 Å². The highest BCUT2D eigenvalue weighted by Gasteiger charge is 2.37. The summed E-state index contributed by atoms with van der Waals surface area (Å²) in [4.78, 5) is 104. The zero-order valence-corrected chi connectivity index (χ0v) is 68.9. The quantitative estimate of drug-likeness (QED) is 0.0358. The van der Waals surface area contributed by atoms with E-state index in [1.54, 1.807) is 49.4 Å². The van der Waals surface area contributed by atoms with Crippen LogP contribution in [0.1, 0.15) is 134 Å². The first-order chi connectivity index (χ1) is 59.3. The van der Waals surface area contributed by atoms with Crippen LogP contribution < -0.4 is 31.1 Å². The van der Waals surface area contributed by atoms with Crippen molar-refractivity contribution in [3.63, 3.8) is 0 Å². The van der Waals surface area contributed by atoms with Crippen molar-refractivity contribution in [1.29, 1.82) is 0 Å². The third-order valence-electron chi connectivity index (χ3n) is 23.2. The number of benzene rings is 10. The average molecular weight is 1670 g/mol. The van der Waals surface area contributed by atoms with Crippen LogP contribution in [0.2, 0.25) is 0 Å². The van der Waals surface area contributed by atoms with Gasteiger partial charge in [-0.15, -0.1) is 0 Å². The summed E-state index contributed by atoms with van der Waals surface area (Å²) in [7, 11) is 4.26. The van der Waals surface area contributed by atoms with Gasteiger partial charge in [0, 0.05) is 153 Å². The number of nitrogens with zero attached hydrogens (tertiary/aromatic N) is 9. The fourth-order valence-corrected chi connectivity index (χ4v) is 15.8. The Morgan fingerprint density at radius 1 is 0.415 bits per heavy atom. The number of likely N-dealkylation sites (N-methyl/N-ethyl adjacent to an activating group) is 3. The number of alkyl halides is 6.